The zero-order valence-corrected chi connectivity index (χ0v) is 34.5. The van der Waals surface area contributed by atoms with Crippen LogP contribution in [-0.2, 0) is 0 Å². The van der Waals surface area contributed by atoms with Crippen molar-refractivity contribution < 1.29 is 0 Å². The van der Waals surface area contributed by atoms with Crippen molar-refractivity contribution in [3.63, 3.8) is 0 Å². The first-order chi connectivity index (χ1) is 23.3. The molecule has 0 fully saturated rings. The Bertz CT molecular complexity index is 995. The lowest BCUT2D eigenvalue weighted by molar-refractivity contribution is 0.626. The Kier molecular flexibility index (Phi) is 42.1. The smallest absolute Gasteiger partial charge is 0.0409 e. The van der Waals surface area contributed by atoms with Crippen molar-refractivity contribution in [1.82, 2.24) is 5.32 Å². The van der Waals surface area contributed by atoms with E-state index in [0.717, 1.165) is 80.5 Å². The minimum atomic E-state index is 0.665. The van der Waals surface area contributed by atoms with Crippen molar-refractivity contribution in [2.75, 3.05) is 25.4 Å². The number of hydrogen-bond donors (Lipinski definition) is 4. The van der Waals surface area contributed by atoms with E-state index in [0.29, 0.717) is 5.69 Å². The molecule has 1 aromatic carbocycles. The van der Waals surface area contributed by atoms with Crippen LogP contribution in [0.1, 0.15) is 177 Å². The lowest BCUT2D eigenvalue weighted by atomic mass is 9.79. The van der Waals surface area contributed by atoms with Crippen LogP contribution in [0.3, 0.4) is 0 Å². The molecule has 6 N–H and O–H groups in total. The summed E-state index contributed by atoms with van der Waals surface area (Å²) in [6, 6.07) is 3.97. The number of hydrogen-bond acceptors (Lipinski definition) is 5. The monoisotopic (exact) mass is 670 g/mol. The number of rotatable bonds is 15. The van der Waals surface area contributed by atoms with Gasteiger partial charge in [-0.1, -0.05) is 121 Å². The molecular weight excluding hydrogens is 587 g/mol. The van der Waals surface area contributed by atoms with E-state index in [2.05, 4.69) is 77.8 Å². The van der Waals surface area contributed by atoms with Gasteiger partial charge in [0.15, 0.2) is 0 Å². The Balaban J connectivity index is -0.000000446. The standard InChI is InChI=1S/C26H38N4.C6H15N.C5H12.3C2H6/c1-4-6-10-21(20(16-27)18-30-15-7-5-2)22-11-8-9-12-23(22)26-19(3)13-14-25(29)24(26)17-28;1-3-5-7-6-4-2;1-4-5(2)3;3*1-2/h10,13-14,16-18,28H,4-9,11-12,15,27,29H2,1-3H3;7H,3-6H2,1-2H3;5H,4H2,1-3H3;3*1-2H3/b20-16+,21-10+,28-17?,30-18?;;;;;. The van der Waals surface area contributed by atoms with Crippen molar-refractivity contribution in [2.45, 2.75) is 168 Å². The van der Waals surface area contributed by atoms with E-state index >= 15 is 0 Å². The normalized spacial score (nSPS) is 12.6. The molecule has 0 atom stereocenters. The molecule has 5 heteroatoms. The summed E-state index contributed by atoms with van der Waals surface area (Å²) in [6.45, 7) is 32.7. The molecule has 1 aliphatic rings. The molecule has 1 aromatic rings. The predicted molar refractivity (Wildman–Crippen MR) is 225 cm³/mol. The van der Waals surface area contributed by atoms with Crippen LogP contribution in [0, 0.1) is 18.3 Å². The summed E-state index contributed by atoms with van der Waals surface area (Å²) in [5.74, 6) is 0.884. The zero-order chi connectivity index (χ0) is 37.8. The molecule has 0 saturated carbocycles. The van der Waals surface area contributed by atoms with Gasteiger partial charge < -0.3 is 22.2 Å². The van der Waals surface area contributed by atoms with Gasteiger partial charge in [0.1, 0.15) is 0 Å². The number of nitrogens with two attached hydrogens (primary N) is 2. The minimum Gasteiger partial charge on any atom is -0.404 e. The third-order valence-electron chi connectivity index (χ3n) is 7.40. The fourth-order valence-corrected chi connectivity index (χ4v) is 4.58. The van der Waals surface area contributed by atoms with E-state index < -0.39 is 0 Å². The molecule has 0 aromatic heterocycles. The van der Waals surface area contributed by atoms with Crippen LogP contribution in [0.2, 0.25) is 0 Å². The van der Waals surface area contributed by atoms with Crippen LogP contribution in [0.5, 0.6) is 0 Å². The van der Waals surface area contributed by atoms with Crippen molar-refractivity contribution in [3.05, 3.63) is 57.8 Å². The van der Waals surface area contributed by atoms with Crippen LogP contribution in [0.4, 0.5) is 5.69 Å². The molecule has 280 valence electrons. The van der Waals surface area contributed by atoms with Gasteiger partial charge in [0.25, 0.3) is 0 Å². The van der Waals surface area contributed by atoms with Crippen molar-refractivity contribution in [2.24, 2.45) is 16.6 Å². The Morgan fingerprint density at radius 2 is 1.46 bits per heavy atom. The number of nitrogens with zero attached hydrogens (tertiary/aromatic N) is 1. The number of unbranched alkanes of at least 4 members (excludes halogenated alkanes) is 2. The number of aryl methyl sites for hydroxylation is 1. The SMILES string of the molecule is CC.CC.CC.CCC(C)C.CCC/C=C(C1=C(c2c(C)ccc(N)c2C=N)CCCC1)\C(C=NCCCC)=C\N.CCCNCCC. The molecule has 5 nitrogen and oxygen atoms in total. The maximum atomic E-state index is 7.98. The first kappa shape index (κ1) is 52.2. The highest BCUT2D eigenvalue weighted by Gasteiger charge is 2.22. The number of aliphatic imine (C=N–C) groups is 1. The lowest BCUT2D eigenvalue weighted by Crippen LogP contribution is -2.14. The molecule has 0 saturated heterocycles. The summed E-state index contributed by atoms with van der Waals surface area (Å²) < 4.78 is 0. The van der Waals surface area contributed by atoms with Gasteiger partial charge in [-0.3, -0.25) is 4.99 Å². The van der Waals surface area contributed by atoms with Crippen LogP contribution >= 0.6 is 0 Å². The molecule has 2 rings (SSSR count). The topological polar surface area (TPSA) is 100 Å². The lowest BCUT2D eigenvalue weighted by Gasteiger charge is -2.26. The fraction of sp³-hybridized carbons (Fsp3) is 0.674. The zero-order valence-electron chi connectivity index (χ0n) is 34.5. The second kappa shape index (κ2) is 38.8. The van der Waals surface area contributed by atoms with E-state index in [-0.39, 0.29) is 0 Å². The van der Waals surface area contributed by atoms with Crippen LogP contribution in [-0.4, -0.2) is 32.1 Å². The quantitative estimate of drug-likeness (QED) is 0.0647. The summed E-state index contributed by atoms with van der Waals surface area (Å²) in [7, 11) is 0. The van der Waals surface area contributed by atoms with Crippen molar-refractivity contribution in [3.8, 4) is 0 Å². The molecule has 0 heterocycles. The highest BCUT2D eigenvalue weighted by Crippen LogP contribution is 2.41. The largest absolute Gasteiger partial charge is 0.404 e. The van der Waals surface area contributed by atoms with E-state index in [1.54, 1.807) is 6.20 Å². The van der Waals surface area contributed by atoms with Gasteiger partial charge in [-0.2, -0.15) is 0 Å². The molecule has 1 aliphatic carbocycles. The van der Waals surface area contributed by atoms with Gasteiger partial charge in [0.2, 0.25) is 0 Å². The van der Waals surface area contributed by atoms with Crippen LogP contribution in [0.25, 0.3) is 5.57 Å². The maximum Gasteiger partial charge on any atom is 0.0409 e. The predicted octanol–water partition coefficient (Wildman–Crippen LogP) is 12.9. The molecule has 0 aliphatic heterocycles. The number of nitrogen functional groups attached to an aromatic ring is 1. The van der Waals surface area contributed by atoms with E-state index in [9.17, 15) is 0 Å². The first-order valence-corrected chi connectivity index (χ1v) is 19.7. The van der Waals surface area contributed by atoms with Crippen LogP contribution < -0.4 is 16.8 Å². The Labute approximate surface area is 301 Å². The van der Waals surface area contributed by atoms with E-state index in [4.69, 9.17) is 16.9 Å². The Morgan fingerprint density at radius 3 is 1.92 bits per heavy atom. The third kappa shape index (κ3) is 23.6. The highest BCUT2D eigenvalue weighted by molar-refractivity contribution is 5.96. The van der Waals surface area contributed by atoms with E-state index in [1.165, 1.54) is 60.8 Å². The average Bonchev–Trinajstić information content (AvgIpc) is 3.13. The Hall–Kier alpha value is -2.66. The summed E-state index contributed by atoms with van der Waals surface area (Å²) in [5, 5.41) is 11.3. The highest BCUT2D eigenvalue weighted by atomic mass is 14.8. The van der Waals surface area contributed by atoms with Gasteiger partial charge in [-0.25, -0.2) is 0 Å². The molecule has 0 radical (unpaired) electrons. The third-order valence-corrected chi connectivity index (χ3v) is 7.40. The molecule has 0 unspecified atom stereocenters. The first-order valence-electron chi connectivity index (χ1n) is 19.7. The fourth-order valence-electron chi connectivity index (χ4n) is 4.58. The van der Waals surface area contributed by atoms with Crippen molar-refractivity contribution >= 4 is 23.7 Å². The summed E-state index contributed by atoms with van der Waals surface area (Å²) in [6.07, 6.45) is 19.8. The van der Waals surface area contributed by atoms with E-state index in [1.807, 2.05) is 53.8 Å². The minimum absolute atomic E-state index is 0.665. The molecule has 0 amide bonds. The number of benzene rings is 1. The van der Waals surface area contributed by atoms with Gasteiger partial charge >= 0.3 is 0 Å². The summed E-state index contributed by atoms with van der Waals surface area (Å²) >= 11 is 0. The summed E-state index contributed by atoms with van der Waals surface area (Å²) in [5.41, 5.74) is 21.0. The maximum absolute atomic E-state index is 7.98. The second-order valence-corrected chi connectivity index (χ2v) is 11.5. The molecule has 48 heavy (non-hydrogen) atoms. The summed E-state index contributed by atoms with van der Waals surface area (Å²) in [4.78, 5) is 4.63. The Morgan fingerprint density at radius 1 is 0.896 bits per heavy atom. The van der Waals surface area contributed by atoms with Gasteiger partial charge in [0, 0.05) is 42.0 Å². The van der Waals surface area contributed by atoms with Crippen LogP contribution in [0.15, 0.2) is 46.1 Å². The van der Waals surface area contributed by atoms with Crippen molar-refractivity contribution in [1.29, 1.82) is 5.41 Å². The number of anilines is 1. The van der Waals surface area contributed by atoms with Gasteiger partial charge in [-0.15, -0.1) is 0 Å². The second-order valence-electron chi connectivity index (χ2n) is 11.5. The average molecular weight is 670 g/mol. The molecule has 0 spiro atoms. The van der Waals surface area contributed by atoms with Gasteiger partial charge in [0.05, 0.1) is 0 Å². The van der Waals surface area contributed by atoms with Gasteiger partial charge in [-0.05, 0) is 111 Å². The number of allylic oxidation sites excluding steroid dienone is 5. The molecule has 0 bridgehead atoms. The molecular formula is C43H83N5. The number of nitrogens with one attached hydrogen (secondary N) is 2.